The Morgan fingerprint density at radius 1 is 0.769 bits per heavy atom. The van der Waals surface area contributed by atoms with Crippen LogP contribution in [-0.2, 0) is 0 Å². The predicted molar refractivity (Wildman–Crippen MR) is 98.8 cm³/mol. The number of aromatic nitrogens is 4. The highest BCUT2D eigenvalue weighted by molar-refractivity contribution is 5.95. The summed E-state index contributed by atoms with van der Waals surface area (Å²) in [6.07, 6.45) is 0. The van der Waals surface area contributed by atoms with E-state index in [0.717, 1.165) is 38.7 Å². The van der Waals surface area contributed by atoms with Crippen LogP contribution in [0.4, 0.5) is 5.69 Å². The summed E-state index contributed by atoms with van der Waals surface area (Å²) in [6.45, 7) is 0. The van der Waals surface area contributed by atoms with Crippen molar-refractivity contribution in [2.24, 2.45) is 0 Å². The van der Waals surface area contributed by atoms with Gasteiger partial charge in [0, 0.05) is 17.7 Å². The van der Waals surface area contributed by atoms with E-state index in [1.165, 1.54) is 12.1 Å². The molecule has 0 spiro atoms. The third-order valence-electron chi connectivity index (χ3n) is 4.30. The molecule has 5 rings (SSSR count). The maximum atomic E-state index is 10.8. The first-order valence-electron chi connectivity index (χ1n) is 7.98. The molecule has 7 nitrogen and oxygen atoms in total. The van der Waals surface area contributed by atoms with Gasteiger partial charge < -0.3 is 4.98 Å². The van der Waals surface area contributed by atoms with Gasteiger partial charge >= 0.3 is 0 Å². The van der Waals surface area contributed by atoms with Crippen molar-refractivity contribution in [3.63, 3.8) is 0 Å². The Morgan fingerprint density at radius 3 is 2.27 bits per heavy atom. The Hall–Kier alpha value is -3.87. The molecule has 0 aliphatic carbocycles. The number of hydrogen-bond donors (Lipinski definition) is 1. The van der Waals surface area contributed by atoms with Crippen molar-refractivity contribution in [3.05, 3.63) is 70.8 Å². The van der Waals surface area contributed by atoms with Gasteiger partial charge in [-0.15, -0.1) is 0 Å². The SMILES string of the molecule is O=[N+]([O-])c1ccc(-c2nc3cc4nc5ccccc5[nH]c4cc3n2)cc1. The topological polar surface area (TPSA) is 97.6 Å². The van der Waals surface area contributed by atoms with Gasteiger partial charge in [-0.25, -0.2) is 15.0 Å². The van der Waals surface area contributed by atoms with Gasteiger partial charge in [0.15, 0.2) is 5.82 Å². The van der Waals surface area contributed by atoms with Crippen molar-refractivity contribution in [3.8, 4) is 11.4 Å². The highest BCUT2D eigenvalue weighted by Crippen LogP contribution is 2.26. The van der Waals surface area contributed by atoms with Gasteiger partial charge in [0.25, 0.3) is 5.69 Å². The third-order valence-corrected chi connectivity index (χ3v) is 4.30. The summed E-state index contributed by atoms with van der Waals surface area (Å²) in [5, 5.41) is 10.8. The number of hydrogen-bond acceptors (Lipinski definition) is 5. The van der Waals surface area contributed by atoms with Gasteiger partial charge in [0.2, 0.25) is 0 Å². The normalized spacial score (nSPS) is 11.4. The highest BCUT2D eigenvalue weighted by atomic mass is 16.6. The van der Waals surface area contributed by atoms with E-state index in [9.17, 15) is 10.1 Å². The number of nitro benzene ring substituents is 1. The first kappa shape index (κ1) is 14.5. The summed E-state index contributed by atoms with van der Waals surface area (Å²) in [6, 6.07) is 17.9. The van der Waals surface area contributed by atoms with Crippen molar-refractivity contribution in [2.75, 3.05) is 0 Å². The average Bonchev–Trinajstić information content (AvgIpc) is 3.07. The van der Waals surface area contributed by atoms with E-state index >= 15 is 0 Å². The third kappa shape index (κ3) is 2.26. The summed E-state index contributed by atoms with van der Waals surface area (Å²) in [5.74, 6) is 0.537. The molecule has 0 bridgehead atoms. The molecule has 7 heteroatoms. The lowest BCUT2D eigenvalue weighted by atomic mass is 10.2. The maximum Gasteiger partial charge on any atom is 0.269 e. The average molecular weight is 341 g/mol. The zero-order valence-corrected chi connectivity index (χ0v) is 13.4. The van der Waals surface area contributed by atoms with Crippen molar-refractivity contribution in [1.29, 1.82) is 0 Å². The number of aromatic amines is 1. The number of benzene rings is 3. The lowest BCUT2D eigenvalue weighted by Gasteiger charge is -2.01. The van der Waals surface area contributed by atoms with E-state index in [1.54, 1.807) is 12.1 Å². The van der Waals surface area contributed by atoms with E-state index in [2.05, 4.69) is 19.9 Å². The van der Waals surface area contributed by atoms with Crippen LogP contribution in [0.2, 0.25) is 0 Å². The standard InChI is InChI=1S/C19H11N5O2/c25-24(26)12-7-5-11(6-8-12)19-22-17-9-15-16(10-18(17)23-19)21-14-4-2-1-3-13(14)20-15/h1-10,20H. The van der Waals surface area contributed by atoms with Crippen molar-refractivity contribution >= 4 is 38.8 Å². The fraction of sp³-hybridized carbons (Fsp3) is 0. The zero-order chi connectivity index (χ0) is 17.7. The minimum absolute atomic E-state index is 0.0427. The second-order valence-electron chi connectivity index (χ2n) is 5.96. The number of imidazole rings is 1. The van der Waals surface area contributed by atoms with E-state index in [1.807, 2.05) is 36.4 Å². The van der Waals surface area contributed by atoms with E-state index < -0.39 is 4.92 Å². The number of rotatable bonds is 2. The Bertz CT molecular complexity index is 1240. The first-order chi connectivity index (χ1) is 12.7. The largest absolute Gasteiger partial charge is 0.352 e. The van der Waals surface area contributed by atoms with Crippen molar-refractivity contribution < 1.29 is 4.92 Å². The summed E-state index contributed by atoms with van der Waals surface area (Å²) in [7, 11) is 0. The predicted octanol–water partition coefficient (Wildman–Crippen LogP) is 4.23. The fourth-order valence-electron chi connectivity index (χ4n) is 3.00. The molecule has 5 aromatic rings. The molecule has 3 aromatic carbocycles. The molecule has 0 unspecified atom stereocenters. The second-order valence-corrected chi connectivity index (χ2v) is 5.96. The second kappa shape index (κ2) is 5.32. The molecule has 0 amide bonds. The summed E-state index contributed by atoms with van der Waals surface area (Å²) in [4.78, 5) is 27.5. The monoisotopic (exact) mass is 341 g/mol. The number of H-pyrrole nitrogens is 1. The molecular weight excluding hydrogens is 330 g/mol. The van der Waals surface area contributed by atoms with Crippen LogP contribution < -0.4 is 0 Å². The van der Waals surface area contributed by atoms with Gasteiger partial charge in [0.1, 0.15) is 0 Å². The Kier molecular flexibility index (Phi) is 2.96. The number of para-hydroxylation sites is 2. The molecule has 0 radical (unpaired) electrons. The maximum absolute atomic E-state index is 10.8. The quantitative estimate of drug-likeness (QED) is 0.294. The minimum Gasteiger partial charge on any atom is -0.352 e. The molecule has 2 aromatic heterocycles. The number of fused-ring (bicyclic) bond motifs is 3. The van der Waals surface area contributed by atoms with Crippen LogP contribution in [0.15, 0.2) is 60.7 Å². The number of nitro groups is 1. The fourth-order valence-corrected chi connectivity index (χ4v) is 3.00. The molecule has 0 aliphatic heterocycles. The molecule has 124 valence electrons. The lowest BCUT2D eigenvalue weighted by molar-refractivity contribution is -0.384. The molecule has 0 fully saturated rings. The van der Waals surface area contributed by atoms with E-state index in [4.69, 9.17) is 0 Å². The van der Waals surface area contributed by atoms with Crippen LogP contribution in [0.25, 0.3) is 44.5 Å². The van der Waals surface area contributed by atoms with Gasteiger partial charge in [-0.05, 0) is 36.4 Å². The Morgan fingerprint density at radius 2 is 1.50 bits per heavy atom. The summed E-state index contributed by atoms with van der Waals surface area (Å²) in [5.41, 5.74) is 5.79. The van der Waals surface area contributed by atoms with E-state index in [0.29, 0.717) is 5.82 Å². The summed E-state index contributed by atoms with van der Waals surface area (Å²) >= 11 is 0. The minimum atomic E-state index is -0.426. The number of nitrogens with one attached hydrogen (secondary N) is 1. The van der Waals surface area contributed by atoms with Crippen LogP contribution in [0.3, 0.4) is 0 Å². The van der Waals surface area contributed by atoms with Gasteiger partial charge in [0.05, 0.1) is 38.0 Å². The lowest BCUT2D eigenvalue weighted by Crippen LogP contribution is -1.87. The molecule has 1 N–H and O–H groups in total. The van der Waals surface area contributed by atoms with Crippen LogP contribution in [0, 0.1) is 10.1 Å². The van der Waals surface area contributed by atoms with Gasteiger partial charge in [-0.2, -0.15) is 0 Å². The smallest absolute Gasteiger partial charge is 0.269 e. The van der Waals surface area contributed by atoms with Crippen molar-refractivity contribution in [2.45, 2.75) is 0 Å². The molecule has 0 saturated carbocycles. The van der Waals surface area contributed by atoms with Crippen LogP contribution >= 0.6 is 0 Å². The molecule has 0 saturated heterocycles. The van der Waals surface area contributed by atoms with E-state index in [-0.39, 0.29) is 5.69 Å². The number of non-ortho nitro benzene ring substituents is 1. The van der Waals surface area contributed by atoms with Gasteiger partial charge in [-0.3, -0.25) is 10.1 Å². The van der Waals surface area contributed by atoms with Gasteiger partial charge in [-0.1, -0.05) is 12.1 Å². The Labute approximate surface area is 146 Å². The first-order valence-corrected chi connectivity index (χ1v) is 7.98. The zero-order valence-electron chi connectivity index (χ0n) is 13.4. The molecule has 0 aliphatic rings. The molecule has 0 atom stereocenters. The van der Waals surface area contributed by atoms with Crippen molar-refractivity contribution in [1.82, 2.24) is 19.9 Å². The number of nitrogens with zero attached hydrogens (tertiary/aromatic N) is 4. The molecule has 26 heavy (non-hydrogen) atoms. The Balaban J connectivity index is 1.67. The highest BCUT2D eigenvalue weighted by Gasteiger charge is 2.11. The molecule has 2 heterocycles. The van der Waals surface area contributed by atoms with Crippen LogP contribution in [-0.4, -0.2) is 24.9 Å². The summed E-state index contributed by atoms with van der Waals surface area (Å²) < 4.78 is 0. The van der Waals surface area contributed by atoms with Crippen LogP contribution in [0.5, 0.6) is 0 Å². The van der Waals surface area contributed by atoms with Crippen LogP contribution in [0.1, 0.15) is 0 Å². The molecular formula is C19H11N5O2.